The minimum atomic E-state index is -0.467. The van der Waals surface area contributed by atoms with Crippen LogP contribution >= 0.6 is 11.8 Å². The summed E-state index contributed by atoms with van der Waals surface area (Å²) in [6.45, 7) is 5.33. The molecule has 0 fully saturated rings. The number of aryl methyl sites for hydroxylation is 3. The van der Waals surface area contributed by atoms with Gasteiger partial charge >= 0.3 is 0 Å². The summed E-state index contributed by atoms with van der Waals surface area (Å²) in [7, 11) is 0. The van der Waals surface area contributed by atoms with Crippen molar-refractivity contribution in [2.24, 2.45) is 0 Å². The highest BCUT2D eigenvalue weighted by Gasteiger charge is 2.17. The molecule has 10 heteroatoms. The highest BCUT2D eigenvalue weighted by molar-refractivity contribution is 7.98. The molecule has 2 aromatic heterocycles. The summed E-state index contributed by atoms with van der Waals surface area (Å²) < 4.78 is 1.62. The normalized spacial score (nSPS) is 11.0. The quantitative estimate of drug-likeness (QED) is 0.407. The predicted molar refractivity (Wildman–Crippen MR) is 102 cm³/mol. The molecule has 140 valence electrons. The number of fused-ring (bicyclic) bond motifs is 1. The number of hydrogen-bond donors (Lipinski definition) is 1. The first-order valence-corrected chi connectivity index (χ1v) is 9.34. The third kappa shape index (κ3) is 3.75. The monoisotopic (exact) mass is 386 g/mol. The van der Waals surface area contributed by atoms with E-state index in [4.69, 9.17) is 0 Å². The van der Waals surface area contributed by atoms with Gasteiger partial charge < -0.3 is 5.32 Å². The Labute approximate surface area is 159 Å². The van der Waals surface area contributed by atoms with E-state index < -0.39 is 4.92 Å². The summed E-state index contributed by atoms with van der Waals surface area (Å²) in [6.07, 6.45) is 1.96. The lowest BCUT2D eigenvalue weighted by atomic mass is 10.1. The van der Waals surface area contributed by atoms with Crippen LogP contribution in [0.3, 0.4) is 0 Å². The summed E-state index contributed by atoms with van der Waals surface area (Å²) in [5, 5.41) is 18.7. The van der Waals surface area contributed by atoms with Crippen molar-refractivity contribution >= 4 is 34.8 Å². The highest BCUT2D eigenvalue weighted by atomic mass is 32.2. The lowest BCUT2D eigenvalue weighted by molar-refractivity contribution is -0.385. The van der Waals surface area contributed by atoms with Gasteiger partial charge in [0.15, 0.2) is 0 Å². The third-order valence-electron chi connectivity index (χ3n) is 4.24. The lowest BCUT2D eigenvalue weighted by Crippen LogP contribution is -2.18. The number of hydrogen-bond acceptors (Lipinski definition) is 7. The molecule has 0 saturated carbocycles. The molecular weight excluding hydrogens is 368 g/mol. The molecule has 3 rings (SSSR count). The number of rotatable bonds is 5. The molecule has 3 aromatic rings. The second kappa shape index (κ2) is 7.31. The summed E-state index contributed by atoms with van der Waals surface area (Å²) in [5.74, 6) is 0.207. The van der Waals surface area contributed by atoms with Crippen LogP contribution in [0.2, 0.25) is 0 Å². The fourth-order valence-corrected chi connectivity index (χ4v) is 3.12. The number of amides is 1. The number of aromatic nitrogens is 4. The topological polar surface area (TPSA) is 115 Å². The van der Waals surface area contributed by atoms with Gasteiger partial charge in [-0.05, 0) is 33.1 Å². The largest absolute Gasteiger partial charge is 0.326 e. The summed E-state index contributed by atoms with van der Waals surface area (Å²) >= 11 is 1.42. The van der Waals surface area contributed by atoms with E-state index in [0.717, 1.165) is 11.3 Å². The predicted octanol–water partition coefficient (Wildman–Crippen LogP) is 2.86. The SMILES string of the molecule is CSc1nc2nc(C)c(CC(=O)Nc3ccc(C)c([N+](=O)[O-])c3)c(C)n2n1. The van der Waals surface area contributed by atoms with Crippen molar-refractivity contribution in [3.05, 3.63) is 50.8 Å². The molecule has 0 bridgehead atoms. The number of nitrogens with one attached hydrogen (secondary N) is 1. The van der Waals surface area contributed by atoms with Crippen molar-refractivity contribution in [1.82, 2.24) is 19.6 Å². The van der Waals surface area contributed by atoms with E-state index in [1.165, 1.54) is 17.8 Å². The molecule has 0 atom stereocenters. The van der Waals surface area contributed by atoms with Gasteiger partial charge in [-0.3, -0.25) is 14.9 Å². The molecule has 1 amide bonds. The van der Waals surface area contributed by atoms with Gasteiger partial charge in [-0.2, -0.15) is 4.98 Å². The van der Waals surface area contributed by atoms with Gasteiger partial charge in [-0.1, -0.05) is 17.8 Å². The number of anilines is 1. The molecular formula is C17H18N6O3S. The zero-order valence-corrected chi connectivity index (χ0v) is 16.1. The van der Waals surface area contributed by atoms with Gasteiger partial charge in [-0.15, -0.1) is 5.10 Å². The van der Waals surface area contributed by atoms with Crippen molar-refractivity contribution in [1.29, 1.82) is 0 Å². The molecule has 2 heterocycles. The van der Waals surface area contributed by atoms with Crippen molar-refractivity contribution in [2.75, 3.05) is 11.6 Å². The van der Waals surface area contributed by atoms with Crippen molar-refractivity contribution < 1.29 is 9.72 Å². The minimum Gasteiger partial charge on any atom is -0.326 e. The minimum absolute atomic E-state index is 0.0320. The van der Waals surface area contributed by atoms with Crippen LogP contribution in [0.1, 0.15) is 22.5 Å². The molecule has 1 aromatic carbocycles. The van der Waals surface area contributed by atoms with Crippen molar-refractivity contribution in [3.63, 3.8) is 0 Å². The number of nitro benzene ring substituents is 1. The van der Waals surface area contributed by atoms with Gasteiger partial charge in [-0.25, -0.2) is 9.50 Å². The summed E-state index contributed by atoms with van der Waals surface area (Å²) in [6, 6.07) is 4.61. The molecule has 0 radical (unpaired) electrons. The maximum absolute atomic E-state index is 12.5. The van der Waals surface area contributed by atoms with Gasteiger partial charge in [0.2, 0.25) is 11.1 Å². The number of benzene rings is 1. The zero-order chi connectivity index (χ0) is 19.7. The Hall–Kier alpha value is -3.01. The molecule has 0 aliphatic rings. The first-order valence-electron chi connectivity index (χ1n) is 8.12. The Balaban J connectivity index is 1.86. The maximum atomic E-state index is 12.5. The second-order valence-corrected chi connectivity index (χ2v) is 6.83. The van der Waals surface area contributed by atoms with Crippen LogP contribution < -0.4 is 5.32 Å². The standard InChI is InChI=1S/C17H18N6O3S/c1-9-5-6-12(7-14(9)23(25)26)19-15(24)8-13-10(2)18-16-20-17(27-4)21-22(16)11(13)3/h5-7H,8H2,1-4H3,(H,19,24). The number of carbonyl (C=O) groups is 1. The van der Waals surface area contributed by atoms with Crippen LogP contribution in [-0.2, 0) is 11.2 Å². The van der Waals surface area contributed by atoms with Crippen LogP contribution in [0.15, 0.2) is 23.4 Å². The number of carbonyl (C=O) groups excluding carboxylic acids is 1. The van der Waals surface area contributed by atoms with E-state index in [9.17, 15) is 14.9 Å². The van der Waals surface area contributed by atoms with E-state index in [-0.39, 0.29) is 18.0 Å². The van der Waals surface area contributed by atoms with Crippen LogP contribution in [0.4, 0.5) is 11.4 Å². The average molecular weight is 386 g/mol. The van der Waals surface area contributed by atoms with Gasteiger partial charge in [0.25, 0.3) is 11.5 Å². The molecule has 0 aliphatic heterocycles. The van der Waals surface area contributed by atoms with Gasteiger partial charge in [0.05, 0.1) is 11.3 Å². The van der Waals surface area contributed by atoms with Crippen LogP contribution in [-0.4, -0.2) is 36.7 Å². The van der Waals surface area contributed by atoms with Crippen molar-refractivity contribution in [2.45, 2.75) is 32.3 Å². The first-order chi connectivity index (χ1) is 12.8. The maximum Gasteiger partial charge on any atom is 0.274 e. The molecule has 27 heavy (non-hydrogen) atoms. The molecule has 0 spiro atoms. The molecule has 0 aliphatic carbocycles. The fraction of sp³-hybridized carbons (Fsp3) is 0.294. The highest BCUT2D eigenvalue weighted by Crippen LogP contribution is 2.23. The van der Waals surface area contributed by atoms with E-state index in [1.54, 1.807) is 23.6 Å². The summed E-state index contributed by atoms with van der Waals surface area (Å²) in [5.41, 5.74) is 3.12. The second-order valence-electron chi connectivity index (χ2n) is 6.05. The van der Waals surface area contributed by atoms with Crippen LogP contribution in [0.25, 0.3) is 5.78 Å². The molecule has 0 saturated heterocycles. The van der Waals surface area contributed by atoms with Gasteiger partial charge in [0, 0.05) is 34.3 Å². The lowest BCUT2D eigenvalue weighted by Gasteiger charge is -2.11. The Morgan fingerprint density at radius 1 is 1.30 bits per heavy atom. The summed E-state index contributed by atoms with van der Waals surface area (Å²) in [4.78, 5) is 31.8. The van der Waals surface area contributed by atoms with E-state index >= 15 is 0 Å². The molecule has 1 N–H and O–H groups in total. The Bertz CT molecular complexity index is 1060. The van der Waals surface area contributed by atoms with Gasteiger partial charge in [0.1, 0.15) is 0 Å². The zero-order valence-electron chi connectivity index (χ0n) is 15.3. The molecule has 9 nitrogen and oxygen atoms in total. The number of nitro groups is 1. The van der Waals surface area contributed by atoms with Crippen molar-refractivity contribution in [3.8, 4) is 0 Å². The Morgan fingerprint density at radius 2 is 2.04 bits per heavy atom. The van der Waals surface area contributed by atoms with E-state index in [0.29, 0.717) is 27.9 Å². The third-order valence-corrected chi connectivity index (χ3v) is 4.78. The average Bonchev–Trinajstić information content (AvgIpc) is 3.03. The smallest absolute Gasteiger partial charge is 0.274 e. The van der Waals surface area contributed by atoms with Crippen LogP contribution in [0, 0.1) is 30.9 Å². The first kappa shape index (κ1) is 18.8. The van der Waals surface area contributed by atoms with E-state index in [2.05, 4.69) is 20.4 Å². The van der Waals surface area contributed by atoms with Crippen LogP contribution in [0.5, 0.6) is 0 Å². The van der Waals surface area contributed by atoms with E-state index in [1.807, 2.05) is 20.1 Å². The number of nitrogens with zero attached hydrogens (tertiary/aromatic N) is 5. The number of thioether (sulfide) groups is 1. The fourth-order valence-electron chi connectivity index (χ4n) is 2.78. The Morgan fingerprint density at radius 3 is 2.70 bits per heavy atom. The Kier molecular flexibility index (Phi) is 5.08. The molecule has 0 unspecified atom stereocenters.